The van der Waals surface area contributed by atoms with Crippen LogP contribution in [0.15, 0.2) is 66.7 Å². The Kier molecular flexibility index (Phi) is 6.26. The Labute approximate surface area is 188 Å². The number of hydrogen-bond acceptors (Lipinski definition) is 3. The second kappa shape index (κ2) is 9.27. The van der Waals surface area contributed by atoms with E-state index in [0.29, 0.717) is 6.42 Å². The minimum Gasteiger partial charge on any atom is -0.481 e. The molecular formula is C27H27NO4. The molecule has 5 nitrogen and oxygen atoms in total. The monoisotopic (exact) mass is 429 g/mol. The quantitative estimate of drug-likeness (QED) is 0.539. The molecule has 1 aliphatic rings. The van der Waals surface area contributed by atoms with Gasteiger partial charge in [0.2, 0.25) is 0 Å². The molecule has 1 amide bonds. The zero-order valence-electron chi connectivity index (χ0n) is 18.3. The number of hydrogen-bond donors (Lipinski definition) is 2. The first kappa shape index (κ1) is 21.6. The first-order chi connectivity index (χ1) is 15.4. The van der Waals surface area contributed by atoms with Gasteiger partial charge in [0.25, 0.3) is 0 Å². The number of carboxylic acids is 1. The van der Waals surface area contributed by atoms with Crippen LogP contribution in [0, 0.1) is 13.8 Å². The van der Waals surface area contributed by atoms with E-state index in [1.807, 2.05) is 50.2 Å². The smallest absolute Gasteiger partial charge is 0.407 e. The summed E-state index contributed by atoms with van der Waals surface area (Å²) in [4.78, 5) is 24.0. The summed E-state index contributed by atoms with van der Waals surface area (Å²) in [5.74, 6) is -0.996. The van der Waals surface area contributed by atoms with Crippen LogP contribution in [0.1, 0.15) is 40.2 Å². The van der Waals surface area contributed by atoms with Crippen molar-refractivity contribution < 1.29 is 19.4 Å². The lowest BCUT2D eigenvalue weighted by molar-refractivity contribution is -0.137. The molecule has 0 fully saturated rings. The van der Waals surface area contributed by atoms with E-state index in [1.165, 1.54) is 0 Å². The fourth-order valence-corrected chi connectivity index (χ4v) is 4.53. The fraction of sp³-hybridized carbons (Fsp3) is 0.259. The predicted molar refractivity (Wildman–Crippen MR) is 124 cm³/mol. The molecule has 3 aromatic carbocycles. The minimum atomic E-state index is -0.960. The number of carbonyl (C=O) groups is 2. The van der Waals surface area contributed by atoms with Crippen molar-refractivity contribution in [3.63, 3.8) is 0 Å². The van der Waals surface area contributed by atoms with E-state index in [9.17, 15) is 14.7 Å². The third-order valence-electron chi connectivity index (χ3n) is 6.05. The van der Waals surface area contributed by atoms with Gasteiger partial charge in [-0.05, 0) is 53.6 Å². The largest absolute Gasteiger partial charge is 0.481 e. The van der Waals surface area contributed by atoms with E-state index in [1.54, 1.807) is 0 Å². The number of nitrogens with one attached hydrogen (secondary N) is 1. The van der Waals surface area contributed by atoms with Crippen LogP contribution in [0.2, 0.25) is 0 Å². The molecule has 0 aromatic heterocycles. The maximum absolute atomic E-state index is 12.6. The van der Waals surface area contributed by atoms with Gasteiger partial charge in [0, 0.05) is 12.0 Å². The normalized spacial score (nSPS) is 13.2. The predicted octanol–water partition coefficient (Wildman–Crippen LogP) is 5.23. The topological polar surface area (TPSA) is 75.6 Å². The van der Waals surface area contributed by atoms with Crippen LogP contribution in [0.25, 0.3) is 11.1 Å². The van der Waals surface area contributed by atoms with Crippen LogP contribution in [-0.4, -0.2) is 29.8 Å². The highest BCUT2D eigenvalue weighted by Crippen LogP contribution is 2.44. The zero-order chi connectivity index (χ0) is 22.7. The molecule has 3 aromatic rings. The van der Waals surface area contributed by atoms with E-state index in [0.717, 1.165) is 38.9 Å². The average molecular weight is 430 g/mol. The Balaban J connectivity index is 1.44. The standard InChI is InChI=1S/C27H27NO4/c1-17-11-12-19(18(2)13-17)14-20(15-26(29)30)28-27(31)32-16-25-23-9-5-3-7-21(23)22-8-4-6-10-24(22)25/h3-13,20,25H,14-16H2,1-2H3,(H,28,31)(H,29,30). The molecule has 2 N–H and O–H groups in total. The van der Waals surface area contributed by atoms with Gasteiger partial charge in [0.15, 0.2) is 0 Å². The van der Waals surface area contributed by atoms with Gasteiger partial charge < -0.3 is 15.2 Å². The summed E-state index contributed by atoms with van der Waals surface area (Å²) in [6.45, 7) is 4.21. The first-order valence-electron chi connectivity index (χ1n) is 10.8. The Bertz CT molecular complexity index is 1110. The van der Waals surface area contributed by atoms with Gasteiger partial charge in [-0.15, -0.1) is 0 Å². The summed E-state index contributed by atoms with van der Waals surface area (Å²) < 4.78 is 5.60. The number of carboxylic acid groups (broad SMARTS) is 1. The molecule has 1 aliphatic carbocycles. The summed E-state index contributed by atoms with van der Waals surface area (Å²) in [6.07, 6.45) is -0.331. The minimum absolute atomic E-state index is 0.0367. The average Bonchev–Trinajstić information content (AvgIpc) is 3.07. The van der Waals surface area contributed by atoms with E-state index >= 15 is 0 Å². The molecule has 1 atom stereocenters. The molecular weight excluding hydrogens is 402 g/mol. The van der Waals surface area contributed by atoms with E-state index in [-0.39, 0.29) is 18.9 Å². The number of aryl methyl sites for hydroxylation is 2. The van der Waals surface area contributed by atoms with Crippen molar-refractivity contribution in [2.75, 3.05) is 6.61 Å². The molecule has 0 heterocycles. The van der Waals surface area contributed by atoms with E-state index in [4.69, 9.17) is 4.74 Å². The maximum atomic E-state index is 12.6. The SMILES string of the molecule is Cc1ccc(CC(CC(=O)O)NC(=O)OCC2c3ccccc3-c3ccccc32)c(C)c1. The molecule has 0 bridgehead atoms. The molecule has 164 valence electrons. The van der Waals surface area contributed by atoms with Crippen LogP contribution >= 0.6 is 0 Å². The summed E-state index contributed by atoms with van der Waals surface area (Å²) in [7, 11) is 0. The van der Waals surface area contributed by atoms with Gasteiger partial charge in [0.05, 0.1) is 6.42 Å². The molecule has 1 unspecified atom stereocenters. The van der Waals surface area contributed by atoms with Gasteiger partial charge in [0.1, 0.15) is 6.61 Å². The molecule has 4 rings (SSSR count). The molecule has 32 heavy (non-hydrogen) atoms. The van der Waals surface area contributed by atoms with Gasteiger partial charge in [-0.3, -0.25) is 4.79 Å². The maximum Gasteiger partial charge on any atom is 0.407 e. The molecule has 0 saturated heterocycles. The first-order valence-corrected chi connectivity index (χ1v) is 10.8. The summed E-state index contributed by atoms with van der Waals surface area (Å²) in [5, 5.41) is 12.1. The number of rotatable bonds is 7. The highest BCUT2D eigenvalue weighted by molar-refractivity contribution is 5.79. The zero-order valence-corrected chi connectivity index (χ0v) is 18.3. The molecule has 0 aliphatic heterocycles. The summed E-state index contributed by atoms with van der Waals surface area (Å²) in [5.41, 5.74) is 7.84. The van der Waals surface area contributed by atoms with Crippen molar-refractivity contribution in [1.82, 2.24) is 5.32 Å². The number of aliphatic carboxylic acids is 1. The Morgan fingerprint density at radius 2 is 1.59 bits per heavy atom. The van der Waals surface area contributed by atoms with Crippen molar-refractivity contribution in [2.24, 2.45) is 0 Å². The molecule has 5 heteroatoms. The Hall–Kier alpha value is -3.60. The number of amides is 1. The van der Waals surface area contributed by atoms with Crippen LogP contribution in [-0.2, 0) is 16.0 Å². The molecule has 0 radical (unpaired) electrons. The van der Waals surface area contributed by atoms with Crippen molar-refractivity contribution in [3.05, 3.63) is 94.5 Å². The number of carbonyl (C=O) groups excluding carboxylic acids is 1. The van der Waals surface area contributed by atoms with Crippen LogP contribution in [0.4, 0.5) is 4.79 Å². The third-order valence-corrected chi connectivity index (χ3v) is 6.05. The Morgan fingerprint density at radius 3 is 2.19 bits per heavy atom. The van der Waals surface area contributed by atoms with Crippen molar-refractivity contribution >= 4 is 12.1 Å². The van der Waals surface area contributed by atoms with Crippen LogP contribution in [0.3, 0.4) is 0 Å². The summed E-state index contributed by atoms with van der Waals surface area (Å²) >= 11 is 0. The van der Waals surface area contributed by atoms with Crippen LogP contribution in [0.5, 0.6) is 0 Å². The van der Waals surface area contributed by atoms with Crippen molar-refractivity contribution in [2.45, 2.75) is 38.6 Å². The van der Waals surface area contributed by atoms with Gasteiger partial charge in [-0.25, -0.2) is 4.79 Å². The van der Waals surface area contributed by atoms with Gasteiger partial charge in [-0.1, -0.05) is 72.3 Å². The van der Waals surface area contributed by atoms with E-state index < -0.39 is 18.1 Å². The van der Waals surface area contributed by atoms with E-state index in [2.05, 4.69) is 35.6 Å². The molecule has 0 saturated carbocycles. The highest BCUT2D eigenvalue weighted by Gasteiger charge is 2.29. The summed E-state index contributed by atoms with van der Waals surface area (Å²) in [6, 6.07) is 21.8. The number of benzene rings is 3. The highest BCUT2D eigenvalue weighted by atomic mass is 16.5. The fourth-order valence-electron chi connectivity index (χ4n) is 4.53. The van der Waals surface area contributed by atoms with Gasteiger partial charge in [-0.2, -0.15) is 0 Å². The lowest BCUT2D eigenvalue weighted by Crippen LogP contribution is -2.39. The lowest BCUT2D eigenvalue weighted by Gasteiger charge is -2.20. The second-order valence-corrected chi connectivity index (χ2v) is 8.40. The Morgan fingerprint density at radius 1 is 0.969 bits per heavy atom. The number of alkyl carbamates (subject to hydrolysis) is 1. The molecule has 0 spiro atoms. The van der Waals surface area contributed by atoms with Crippen LogP contribution < -0.4 is 5.32 Å². The number of ether oxygens (including phenoxy) is 1. The second-order valence-electron chi connectivity index (χ2n) is 8.40. The van der Waals surface area contributed by atoms with Crippen molar-refractivity contribution in [3.8, 4) is 11.1 Å². The van der Waals surface area contributed by atoms with Crippen molar-refractivity contribution in [1.29, 1.82) is 0 Å². The number of fused-ring (bicyclic) bond motifs is 3. The lowest BCUT2D eigenvalue weighted by atomic mass is 9.97. The third kappa shape index (κ3) is 4.67. The van der Waals surface area contributed by atoms with Gasteiger partial charge >= 0.3 is 12.1 Å².